The van der Waals surface area contributed by atoms with Crippen LogP contribution in [0.25, 0.3) is 16.2 Å². The highest BCUT2D eigenvalue weighted by molar-refractivity contribution is 7.08. The highest BCUT2D eigenvalue weighted by atomic mass is 32.1. The predicted octanol–water partition coefficient (Wildman–Crippen LogP) is 2.01. The second-order valence-electron chi connectivity index (χ2n) is 8.06. The SMILES string of the molecule is Cc1cc(N2CC(=NOCC3CCCCO3)C2)nc2c1c(=O)c(C(=O)O)cn2-c1ncns1. The molecule has 172 valence electrons. The van der Waals surface area contributed by atoms with Gasteiger partial charge in [0.05, 0.1) is 30.3 Å². The zero-order valence-electron chi connectivity index (χ0n) is 17.9. The summed E-state index contributed by atoms with van der Waals surface area (Å²) in [6, 6.07) is 1.79. The Morgan fingerprint density at radius 2 is 2.24 bits per heavy atom. The summed E-state index contributed by atoms with van der Waals surface area (Å²) >= 11 is 1.09. The number of oxime groups is 1. The Labute approximate surface area is 192 Å². The zero-order valence-corrected chi connectivity index (χ0v) is 18.7. The van der Waals surface area contributed by atoms with Crippen LogP contribution in [0.3, 0.4) is 0 Å². The fraction of sp³-hybridized carbons (Fsp3) is 0.429. The number of nitrogens with zero attached hydrogens (tertiary/aromatic N) is 6. The molecule has 0 bridgehead atoms. The lowest BCUT2D eigenvalue weighted by Gasteiger charge is -2.33. The highest BCUT2D eigenvalue weighted by Crippen LogP contribution is 2.26. The minimum atomic E-state index is -1.30. The molecule has 2 aliphatic rings. The van der Waals surface area contributed by atoms with Crippen LogP contribution in [-0.4, -0.2) is 68.1 Å². The standard InChI is InChI=1S/C21H22N6O5S/c1-12-6-16(26-7-13(8-26)25-32-10-14-4-2-3-5-31-14)24-19-17(12)18(28)15(20(29)30)9-27(19)21-22-11-23-33-21/h6,9,11,14H,2-5,7-8,10H2,1H3,(H,29,30). The quantitative estimate of drug-likeness (QED) is 0.537. The van der Waals surface area contributed by atoms with Crippen molar-refractivity contribution in [3.63, 3.8) is 0 Å². The lowest BCUT2D eigenvalue weighted by atomic mass is 10.1. The number of aryl methyl sites for hydroxylation is 1. The lowest BCUT2D eigenvalue weighted by molar-refractivity contribution is -0.0398. The molecule has 2 saturated heterocycles. The van der Waals surface area contributed by atoms with Crippen LogP contribution in [0.5, 0.6) is 0 Å². The van der Waals surface area contributed by atoms with Crippen molar-refractivity contribution in [2.45, 2.75) is 32.3 Å². The van der Waals surface area contributed by atoms with E-state index in [1.807, 2.05) is 4.90 Å². The Balaban J connectivity index is 1.41. The predicted molar refractivity (Wildman–Crippen MR) is 122 cm³/mol. The molecule has 1 unspecified atom stereocenters. The first-order chi connectivity index (χ1) is 16.0. The fourth-order valence-corrected chi connectivity index (χ4v) is 4.49. The third-order valence-corrected chi connectivity index (χ3v) is 6.39. The Hall–Kier alpha value is -3.38. The van der Waals surface area contributed by atoms with Gasteiger partial charge in [-0.25, -0.2) is 14.8 Å². The van der Waals surface area contributed by atoms with E-state index in [0.29, 0.717) is 41.9 Å². The van der Waals surface area contributed by atoms with E-state index in [4.69, 9.17) is 9.57 Å². The molecular weight excluding hydrogens is 448 g/mol. The summed E-state index contributed by atoms with van der Waals surface area (Å²) in [5.74, 6) is -0.638. The number of aromatic nitrogens is 4. The molecule has 33 heavy (non-hydrogen) atoms. The van der Waals surface area contributed by atoms with Crippen molar-refractivity contribution in [3.05, 3.63) is 39.9 Å². The van der Waals surface area contributed by atoms with Gasteiger partial charge in [0.15, 0.2) is 5.65 Å². The summed E-state index contributed by atoms with van der Waals surface area (Å²) in [6.07, 6.45) is 5.99. The lowest BCUT2D eigenvalue weighted by Crippen LogP contribution is -2.48. The normalized spacial score (nSPS) is 18.3. The Kier molecular flexibility index (Phi) is 5.77. The first-order valence-corrected chi connectivity index (χ1v) is 11.4. The minimum absolute atomic E-state index is 0.108. The first-order valence-electron chi connectivity index (χ1n) is 10.6. The van der Waals surface area contributed by atoms with Crippen LogP contribution in [0, 0.1) is 6.92 Å². The van der Waals surface area contributed by atoms with Gasteiger partial charge in [0.1, 0.15) is 24.3 Å². The second kappa shape index (κ2) is 8.87. The summed E-state index contributed by atoms with van der Waals surface area (Å²) in [6.45, 7) is 4.12. The Morgan fingerprint density at radius 1 is 1.39 bits per heavy atom. The van der Waals surface area contributed by atoms with Crippen molar-refractivity contribution in [1.29, 1.82) is 0 Å². The first kappa shape index (κ1) is 21.5. The van der Waals surface area contributed by atoms with E-state index in [-0.39, 0.29) is 17.1 Å². The molecule has 0 aliphatic carbocycles. The van der Waals surface area contributed by atoms with E-state index in [2.05, 4.69) is 19.5 Å². The average Bonchev–Trinajstić information content (AvgIpc) is 3.30. The van der Waals surface area contributed by atoms with Crippen LogP contribution >= 0.6 is 11.5 Å². The maximum Gasteiger partial charge on any atom is 0.341 e. The number of ether oxygens (including phenoxy) is 1. The number of aromatic carboxylic acids is 1. The van der Waals surface area contributed by atoms with Crippen molar-refractivity contribution < 1.29 is 19.5 Å². The van der Waals surface area contributed by atoms with Gasteiger partial charge in [-0.2, -0.15) is 4.37 Å². The molecule has 2 aliphatic heterocycles. The largest absolute Gasteiger partial charge is 0.477 e. The van der Waals surface area contributed by atoms with Crippen molar-refractivity contribution in [3.8, 4) is 5.13 Å². The summed E-state index contributed by atoms with van der Waals surface area (Å²) in [4.78, 5) is 40.8. The van der Waals surface area contributed by atoms with E-state index in [1.54, 1.807) is 13.0 Å². The molecule has 11 nitrogen and oxygen atoms in total. The van der Waals surface area contributed by atoms with Crippen LogP contribution in [-0.2, 0) is 9.57 Å². The molecule has 0 radical (unpaired) electrons. The molecule has 0 saturated carbocycles. The minimum Gasteiger partial charge on any atom is -0.477 e. The van der Waals surface area contributed by atoms with Gasteiger partial charge in [-0.05, 0) is 37.8 Å². The van der Waals surface area contributed by atoms with Gasteiger partial charge in [0.2, 0.25) is 10.6 Å². The van der Waals surface area contributed by atoms with Gasteiger partial charge in [-0.1, -0.05) is 5.16 Å². The van der Waals surface area contributed by atoms with E-state index < -0.39 is 11.4 Å². The number of fused-ring (bicyclic) bond motifs is 1. The van der Waals surface area contributed by atoms with Crippen LogP contribution in [0.2, 0.25) is 0 Å². The molecule has 0 spiro atoms. The monoisotopic (exact) mass is 470 g/mol. The van der Waals surface area contributed by atoms with E-state index in [1.165, 1.54) is 17.1 Å². The molecule has 3 aromatic rings. The number of anilines is 1. The molecule has 1 N–H and O–H groups in total. The fourth-order valence-electron chi connectivity index (χ4n) is 3.98. The number of hydrogen-bond acceptors (Lipinski definition) is 10. The highest BCUT2D eigenvalue weighted by Gasteiger charge is 2.27. The summed E-state index contributed by atoms with van der Waals surface area (Å²) in [7, 11) is 0. The molecule has 12 heteroatoms. The summed E-state index contributed by atoms with van der Waals surface area (Å²) in [5, 5.41) is 14.4. The number of rotatable bonds is 6. The van der Waals surface area contributed by atoms with Crippen molar-refractivity contribution >= 4 is 40.1 Å². The van der Waals surface area contributed by atoms with Gasteiger partial charge in [-0.3, -0.25) is 9.36 Å². The van der Waals surface area contributed by atoms with Gasteiger partial charge in [-0.15, -0.1) is 0 Å². The van der Waals surface area contributed by atoms with Crippen LogP contribution in [0.15, 0.2) is 28.5 Å². The number of carboxylic acid groups (broad SMARTS) is 1. The third kappa shape index (κ3) is 4.18. The van der Waals surface area contributed by atoms with E-state index in [0.717, 1.165) is 43.1 Å². The summed E-state index contributed by atoms with van der Waals surface area (Å²) in [5.41, 5.74) is 0.963. The second-order valence-corrected chi connectivity index (χ2v) is 8.82. The van der Waals surface area contributed by atoms with Crippen LogP contribution < -0.4 is 10.3 Å². The smallest absolute Gasteiger partial charge is 0.341 e. The number of hydrogen-bond donors (Lipinski definition) is 1. The summed E-state index contributed by atoms with van der Waals surface area (Å²) < 4.78 is 11.1. The van der Waals surface area contributed by atoms with Crippen molar-refractivity contribution in [1.82, 2.24) is 18.9 Å². The Bertz CT molecular complexity index is 1270. The molecule has 2 fully saturated rings. The molecule has 5 heterocycles. The van der Waals surface area contributed by atoms with Crippen LogP contribution in [0.4, 0.5) is 5.82 Å². The molecule has 0 amide bonds. The zero-order chi connectivity index (χ0) is 22.9. The van der Waals surface area contributed by atoms with Crippen LogP contribution in [0.1, 0.15) is 35.2 Å². The van der Waals surface area contributed by atoms with Gasteiger partial charge in [0.25, 0.3) is 0 Å². The molecule has 0 aromatic carbocycles. The van der Waals surface area contributed by atoms with Gasteiger partial charge in [0, 0.05) is 24.3 Å². The number of pyridine rings is 2. The van der Waals surface area contributed by atoms with Crippen molar-refractivity contribution in [2.24, 2.45) is 5.16 Å². The maximum absolute atomic E-state index is 12.9. The molecule has 1 atom stereocenters. The Morgan fingerprint density at radius 3 is 2.94 bits per heavy atom. The number of carbonyl (C=O) groups is 1. The van der Waals surface area contributed by atoms with Crippen molar-refractivity contribution in [2.75, 3.05) is 31.2 Å². The molecule has 3 aromatic heterocycles. The topological polar surface area (TPSA) is 132 Å². The third-order valence-electron chi connectivity index (χ3n) is 5.73. The molecule has 5 rings (SSSR count). The number of carboxylic acids is 1. The van der Waals surface area contributed by atoms with Gasteiger partial charge >= 0.3 is 5.97 Å². The van der Waals surface area contributed by atoms with E-state index in [9.17, 15) is 14.7 Å². The molecular formula is C21H22N6O5S. The average molecular weight is 471 g/mol. The maximum atomic E-state index is 12.9. The van der Waals surface area contributed by atoms with Gasteiger partial charge < -0.3 is 19.6 Å². The van der Waals surface area contributed by atoms with E-state index >= 15 is 0 Å².